The van der Waals surface area contributed by atoms with Crippen molar-refractivity contribution in [2.24, 2.45) is 0 Å². The predicted octanol–water partition coefficient (Wildman–Crippen LogP) is -2.03. The summed E-state index contributed by atoms with van der Waals surface area (Å²) in [6.45, 7) is -12.2. The van der Waals surface area contributed by atoms with Gasteiger partial charge >= 0.3 is 56.9 Å². The standard InChI is InChI=1S/2C21H29N8O15P3S/c1-23-11-5-3-2-4-10(11)17(31)24-6-7-25-21(33)42-15-12(8-40-45(34,35)43-46(36,37)44-47(38,39)48)41-19(14(15)30)29-9-26-13-16(29)27-20(22)28-18(13)32;1-23-11-5-3-2-4-10(11)17(31)24-6-7-25-21(33)42-15-14(30)12(8-40-45(34,35)43-46(36,37)44-47(38,39)48)41-19(15)29-9-26-13-16(29)27-20(22)28-18(13)32/h2*2-5,9,12,14-15,19,23,30H,6-8H2,1H3,(H,24,31)(H,25,33)(H,34,35)(H,36,37)(H2,38,39,48)(H3,22,27,28,32)/t2*12-,14-,15-,19-/m11/s1. The summed E-state index contributed by atoms with van der Waals surface area (Å²) in [6, 6.07) is 13.4. The van der Waals surface area contributed by atoms with Crippen LogP contribution in [0.1, 0.15) is 33.2 Å². The van der Waals surface area contributed by atoms with Crippen LogP contribution in [0.2, 0.25) is 0 Å². The Kier molecular flexibility index (Phi) is 25.5. The van der Waals surface area contributed by atoms with Gasteiger partial charge < -0.3 is 112 Å². The van der Waals surface area contributed by atoms with Gasteiger partial charge in [-0.25, -0.2) is 46.4 Å². The van der Waals surface area contributed by atoms with Crippen molar-refractivity contribution in [2.45, 2.75) is 49.1 Å². The van der Waals surface area contributed by atoms with Gasteiger partial charge in [-0.1, -0.05) is 24.3 Å². The number of nitrogens with zero attached hydrogens (tertiary/aromatic N) is 6. The van der Waals surface area contributed by atoms with E-state index in [1.165, 1.54) is 0 Å². The highest BCUT2D eigenvalue weighted by atomic mass is 32.5. The Bertz CT molecular complexity index is 4270. The van der Waals surface area contributed by atoms with E-state index in [2.05, 4.69) is 112 Å². The molecule has 528 valence electrons. The molecule has 2 aromatic carbocycles. The molecule has 0 radical (unpaired) electrons. The Hall–Kier alpha value is -6.68. The summed E-state index contributed by atoms with van der Waals surface area (Å²) in [6.07, 6.45) is -13.5. The van der Waals surface area contributed by atoms with Crippen LogP contribution in [0.3, 0.4) is 0 Å². The Morgan fingerprint density at radius 3 is 1.38 bits per heavy atom. The number of carbonyl (C=O) groups is 4. The van der Waals surface area contributed by atoms with E-state index in [1.54, 1.807) is 62.6 Å². The number of hydrogen-bond acceptors (Lipinski definition) is 32. The van der Waals surface area contributed by atoms with Gasteiger partial charge in [0, 0.05) is 51.6 Å². The number of hydrogen-bond donors (Lipinski definition) is 20. The molecular weight excluding hydrogens is 1460 g/mol. The van der Waals surface area contributed by atoms with E-state index in [1.807, 2.05) is 0 Å². The van der Waals surface area contributed by atoms with Crippen molar-refractivity contribution in [3.63, 3.8) is 0 Å². The van der Waals surface area contributed by atoms with Crippen LogP contribution in [0.4, 0.5) is 32.9 Å². The highest BCUT2D eigenvalue weighted by Gasteiger charge is 2.52. The van der Waals surface area contributed by atoms with Crippen LogP contribution in [0.5, 0.6) is 0 Å². The Balaban J connectivity index is 0.000000271. The number of imidazole rings is 2. The maximum absolute atomic E-state index is 12.7. The molecule has 46 nitrogen and oxygen atoms in total. The van der Waals surface area contributed by atoms with Crippen LogP contribution >= 0.6 is 44.7 Å². The van der Waals surface area contributed by atoms with E-state index in [0.29, 0.717) is 22.5 Å². The number of aromatic amines is 2. The highest BCUT2D eigenvalue weighted by molar-refractivity contribution is 8.08. The quantitative estimate of drug-likeness (QED) is 0.0186. The first kappa shape index (κ1) is 76.7. The zero-order valence-corrected chi connectivity index (χ0v) is 55.6. The molecule has 4 amide bonds. The molecule has 2 fully saturated rings. The number of amides is 4. The third-order valence-corrected chi connectivity index (χ3v) is 21.2. The topological polar surface area (TPSA) is 683 Å². The second-order valence-electron chi connectivity index (χ2n) is 19.1. The molecule has 0 spiro atoms. The molecule has 6 heterocycles. The van der Waals surface area contributed by atoms with Crippen LogP contribution in [0.15, 0.2) is 70.8 Å². The van der Waals surface area contributed by atoms with E-state index in [4.69, 9.17) is 50.0 Å². The fourth-order valence-corrected chi connectivity index (χ4v) is 16.2. The summed E-state index contributed by atoms with van der Waals surface area (Å²) >= 11 is 8.06. The number of benzene rings is 2. The lowest BCUT2D eigenvalue weighted by molar-refractivity contribution is -0.0522. The van der Waals surface area contributed by atoms with Gasteiger partial charge in [0.05, 0.1) is 37.0 Å². The number of rotatable bonds is 28. The van der Waals surface area contributed by atoms with E-state index >= 15 is 0 Å². The van der Waals surface area contributed by atoms with E-state index < -0.39 is 142 Å². The average molecular weight is 1520 g/mol. The number of nitrogen functional groups attached to an aromatic ring is 2. The van der Waals surface area contributed by atoms with Gasteiger partial charge in [-0.2, -0.15) is 18.6 Å². The van der Waals surface area contributed by atoms with E-state index in [9.17, 15) is 76.8 Å². The number of ether oxygens (including phenoxy) is 4. The number of H-pyrrole nitrogens is 2. The Morgan fingerprint density at radius 2 is 0.948 bits per heavy atom. The summed E-state index contributed by atoms with van der Waals surface area (Å²) in [5.41, 5.74) is 10.8. The molecule has 0 aliphatic carbocycles. The lowest BCUT2D eigenvalue weighted by Gasteiger charge is -2.22. The number of nitrogens with two attached hydrogens (primary N) is 2. The minimum absolute atomic E-state index is 0.0426. The van der Waals surface area contributed by atoms with Crippen LogP contribution in [-0.2, 0) is 87.1 Å². The van der Waals surface area contributed by atoms with Crippen molar-refractivity contribution in [3.8, 4) is 0 Å². The van der Waals surface area contributed by atoms with Gasteiger partial charge in [-0.3, -0.25) is 47.3 Å². The number of para-hydroxylation sites is 2. The zero-order valence-electron chi connectivity index (χ0n) is 48.6. The van der Waals surface area contributed by atoms with Gasteiger partial charge in [0.15, 0.2) is 47.0 Å². The Labute approximate surface area is 545 Å². The van der Waals surface area contributed by atoms with Crippen molar-refractivity contribution in [1.82, 2.24) is 60.3 Å². The number of carbonyl (C=O) groups excluding carboxylic acids is 4. The van der Waals surface area contributed by atoms with Crippen molar-refractivity contribution >= 4 is 138 Å². The largest absolute Gasteiger partial charge is 0.488 e. The molecule has 0 saturated carbocycles. The molecule has 2 aliphatic rings. The molecular formula is C42H58N16O30P6S2. The van der Waals surface area contributed by atoms with Gasteiger partial charge in [0.2, 0.25) is 11.9 Å². The number of fused-ring (bicyclic) bond motifs is 2. The first-order valence-corrected chi connectivity index (χ1v) is 37.7. The number of aromatic nitrogens is 8. The Morgan fingerprint density at radius 1 is 0.562 bits per heavy atom. The molecule has 0 bridgehead atoms. The maximum atomic E-state index is 12.7. The molecule has 12 atom stereocenters. The molecule has 4 aromatic heterocycles. The van der Waals surface area contributed by atoms with Crippen LogP contribution in [0.25, 0.3) is 22.3 Å². The molecule has 6 aromatic rings. The fraction of sp³-hybridized carbons (Fsp3) is 0.381. The lowest BCUT2D eigenvalue weighted by atomic mass is 10.1. The van der Waals surface area contributed by atoms with Crippen molar-refractivity contribution in [1.29, 1.82) is 0 Å². The molecule has 2 aliphatic heterocycles. The summed E-state index contributed by atoms with van der Waals surface area (Å²) < 4.78 is 97.4. The van der Waals surface area contributed by atoms with E-state index in [-0.39, 0.29) is 60.4 Å². The van der Waals surface area contributed by atoms with E-state index in [0.717, 1.165) is 21.8 Å². The number of phosphoric ester groups is 2. The van der Waals surface area contributed by atoms with Gasteiger partial charge in [0.25, 0.3) is 22.9 Å². The number of aliphatic hydroxyl groups is 2. The first-order valence-electron chi connectivity index (χ1n) is 26.5. The van der Waals surface area contributed by atoms with Gasteiger partial charge in [0.1, 0.15) is 24.4 Å². The number of aliphatic hydroxyl groups excluding tert-OH is 2. The van der Waals surface area contributed by atoms with Gasteiger partial charge in [-0.05, 0) is 47.9 Å². The van der Waals surface area contributed by atoms with Crippen molar-refractivity contribution < 1.29 is 132 Å². The highest BCUT2D eigenvalue weighted by Crippen LogP contribution is 2.67. The number of anilines is 4. The first-order chi connectivity index (χ1) is 44.8. The minimum atomic E-state index is -5.66. The summed E-state index contributed by atoms with van der Waals surface area (Å²) in [5.74, 6) is -1.52. The monoisotopic (exact) mass is 1520 g/mol. The minimum Gasteiger partial charge on any atom is -0.440 e. The third kappa shape index (κ3) is 21.2. The summed E-state index contributed by atoms with van der Waals surface area (Å²) in [5, 5.41) is 37.8. The molecule has 8 rings (SSSR count). The fourth-order valence-electron chi connectivity index (χ4n) is 8.64. The van der Waals surface area contributed by atoms with Crippen LogP contribution < -0.4 is 54.5 Å². The third-order valence-electron chi connectivity index (χ3n) is 12.4. The average Bonchev–Trinajstić information content (AvgIpc) is 1.62. The second kappa shape index (κ2) is 31.9. The van der Waals surface area contributed by atoms with Crippen molar-refractivity contribution in [3.05, 3.63) is 93.0 Å². The predicted molar refractivity (Wildman–Crippen MR) is 331 cm³/mol. The van der Waals surface area contributed by atoms with Crippen LogP contribution in [0, 0.1) is 0 Å². The second-order valence-corrected chi connectivity index (χ2v) is 30.8. The van der Waals surface area contributed by atoms with Crippen LogP contribution in [-0.4, -0.2) is 203 Å². The zero-order chi connectivity index (χ0) is 70.9. The van der Waals surface area contributed by atoms with Crippen molar-refractivity contribution in [2.75, 3.05) is 75.6 Å². The lowest BCUT2D eigenvalue weighted by Crippen LogP contribution is -2.42. The molecule has 4 unspecified atom stereocenters. The number of phosphoric acid groups is 4. The number of nitrogens with one attached hydrogen (secondary N) is 8. The maximum Gasteiger partial charge on any atom is 0.488 e. The summed E-state index contributed by atoms with van der Waals surface area (Å²) in [4.78, 5) is 170. The normalized spacial score (nSPS) is 22.0. The summed E-state index contributed by atoms with van der Waals surface area (Å²) in [7, 11) is -19.1. The smallest absolute Gasteiger partial charge is 0.440 e. The molecule has 22 N–H and O–H groups in total. The molecule has 96 heavy (non-hydrogen) atoms. The molecule has 54 heteroatoms. The SMILES string of the molecule is CNc1ccccc1C(=O)NCCNC(=O)O[C@@H]1[C@H](O)[C@@H](COP(=O)(O)OP(=O)(O)OP(O)(O)=S)O[C@H]1n1cnc2c(=O)[nH]c(N)nc21.CNc1ccccc1C(=O)NCCNC(=O)O[C@H]1[C@@H](O)[C@H](n2cnc3c(=O)[nH]c(N)nc32)O[C@@H]1COP(=O)(O)OP(=O)(O)OP(O)(O)=S. The molecule has 2 saturated heterocycles. The number of alkyl carbamates (subject to hydrolysis) is 2. The van der Waals surface area contributed by atoms with Gasteiger partial charge in [-0.15, -0.1) is 0 Å².